The van der Waals surface area contributed by atoms with Crippen LogP contribution >= 0.6 is 0 Å². The number of carbonyl (C=O) groups is 1. The number of hydrogen-bond acceptors (Lipinski definition) is 2. The fraction of sp³-hybridized carbons (Fsp3) is 0.615. The van der Waals surface area contributed by atoms with E-state index in [1.165, 1.54) is 6.42 Å². The lowest BCUT2D eigenvalue weighted by atomic mass is 10.3. The van der Waals surface area contributed by atoms with Crippen molar-refractivity contribution >= 4 is 5.91 Å². The number of furan rings is 1. The molecule has 2 aliphatic rings. The van der Waals surface area contributed by atoms with Crippen LogP contribution in [0.3, 0.4) is 0 Å². The number of hydrogen-bond donors (Lipinski definition) is 1. The zero-order valence-electron chi connectivity index (χ0n) is 9.53. The normalized spacial score (nSPS) is 27.8. The van der Waals surface area contributed by atoms with Crippen molar-refractivity contribution < 1.29 is 9.21 Å². The quantitative estimate of drug-likeness (QED) is 0.845. The van der Waals surface area contributed by atoms with Crippen molar-refractivity contribution in [2.45, 2.75) is 38.6 Å². The fourth-order valence-electron chi connectivity index (χ4n) is 2.07. The fourth-order valence-corrected chi connectivity index (χ4v) is 2.07. The largest absolute Gasteiger partial charge is 0.464 e. The van der Waals surface area contributed by atoms with Crippen molar-refractivity contribution in [3.05, 3.63) is 23.7 Å². The molecule has 0 aromatic carbocycles. The van der Waals surface area contributed by atoms with E-state index in [0.29, 0.717) is 12.5 Å². The molecule has 1 N–H and O–H groups in total. The second-order valence-electron chi connectivity index (χ2n) is 5.12. The summed E-state index contributed by atoms with van der Waals surface area (Å²) >= 11 is 0. The molecule has 1 aromatic heterocycles. The van der Waals surface area contributed by atoms with Crippen molar-refractivity contribution in [2.75, 3.05) is 0 Å². The van der Waals surface area contributed by atoms with Gasteiger partial charge in [0.2, 0.25) is 5.91 Å². The summed E-state index contributed by atoms with van der Waals surface area (Å²) in [7, 11) is 0. The zero-order valence-corrected chi connectivity index (χ0v) is 9.53. The molecule has 1 amide bonds. The van der Waals surface area contributed by atoms with E-state index in [9.17, 15) is 4.79 Å². The molecule has 2 fully saturated rings. The van der Waals surface area contributed by atoms with E-state index < -0.39 is 0 Å². The Bertz CT molecular complexity index is 406. The van der Waals surface area contributed by atoms with Crippen molar-refractivity contribution in [1.29, 1.82) is 0 Å². The molecule has 3 rings (SSSR count). The van der Waals surface area contributed by atoms with Crippen LogP contribution in [0.25, 0.3) is 0 Å². The molecule has 0 radical (unpaired) electrons. The van der Waals surface area contributed by atoms with Gasteiger partial charge in [0.05, 0.1) is 6.54 Å². The molecule has 0 spiro atoms. The van der Waals surface area contributed by atoms with E-state index in [4.69, 9.17) is 4.42 Å². The maximum Gasteiger partial charge on any atom is 0.223 e. The Hall–Kier alpha value is -1.25. The van der Waals surface area contributed by atoms with Gasteiger partial charge >= 0.3 is 0 Å². The van der Waals surface area contributed by atoms with E-state index in [2.05, 4.69) is 12.2 Å². The summed E-state index contributed by atoms with van der Waals surface area (Å²) in [6.07, 6.45) is 3.34. The maximum atomic E-state index is 11.4. The predicted octanol–water partition coefficient (Wildman–Crippen LogP) is 2.43. The van der Waals surface area contributed by atoms with Crippen LogP contribution in [0.4, 0.5) is 0 Å². The van der Waals surface area contributed by atoms with Gasteiger partial charge in [0, 0.05) is 11.8 Å². The van der Waals surface area contributed by atoms with E-state index >= 15 is 0 Å². The Morgan fingerprint density at radius 2 is 2.25 bits per heavy atom. The van der Waals surface area contributed by atoms with Gasteiger partial charge in [0.15, 0.2) is 0 Å². The molecule has 3 nitrogen and oxygen atoms in total. The zero-order chi connectivity index (χ0) is 11.1. The van der Waals surface area contributed by atoms with Gasteiger partial charge in [-0.15, -0.1) is 0 Å². The second-order valence-corrected chi connectivity index (χ2v) is 5.12. The summed E-state index contributed by atoms with van der Waals surface area (Å²) in [4.78, 5) is 11.4. The average molecular weight is 219 g/mol. The first-order valence-electron chi connectivity index (χ1n) is 6.10. The molecule has 1 aromatic rings. The lowest BCUT2D eigenvalue weighted by Gasteiger charge is -2.00. The van der Waals surface area contributed by atoms with Crippen molar-refractivity contribution in [2.24, 2.45) is 11.8 Å². The van der Waals surface area contributed by atoms with Crippen LogP contribution in [0.5, 0.6) is 0 Å². The van der Waals surface area contributed by atoms with Crippen LogP contribution in [0.2, 0.25) is 0 Å². The summed E-state index contributed by atoms with van der Waals surface area (Å²) in [5, 5.41) is 2.91. The van der Waals surface area contributed by atoms with Gasteiger partial charge in [-0.3, -0.25) is 4.79 Å². The third kappa shape index (κ3) is 1.99. The van der Waals surface area contributed by atoms with Gasteiger partial charge in [0.1, 0.15) is 11.5 Å². The number of rotatable bonds is 4. The minimum Gasteiger partial charge on any atom is -0.464 e. The highest BCUT2D eigenvalue weighted by atomic mass is 16.3. The van der Waals surface area contributed by atoms with Crippen molar-refractivity contribution in [1.82, 2.24) is 5.32 Å². The number of carbonyl (C=O) groups excluding carboxylic acids is 1. The smallest absolute Gasteiger partial charge is 0.223 e. The molecule has 0 aliphatic heterocycles. The minimum atomic E-state index is 0.178. The SMILES string of the molecule is CC1CC1c1ccc(CNC(=O)C2CC2)o1. The molecule has 3 heteroatoms. The Labute approximate surface area is 95.2 Å². The topological polar surface area (TPSA) is 42.2 Å². The van der Waals surface area contributed by atoms with Crippen molar-refractivity contribution in [3.63, 3.8) is 0 Å². The van der Waals surface area contributed by atoms with Gasteiger partial charge in [-0.05, 0) is 37.3 Å². The molecular weight excluding hydrogens is 202 g/mol. The summed E-state index contributed by atoms with van der Waals surface area (Å²) in [5.41, 5.74) is 0. The molecule has 16 heavy (non-hydrogen) atoms. The molecule has 86 valence electrons. The van der Waals surface area contributed by atoms with Gasteiger partial charge < -0.3 is 9.73 Å². The minimum absolute atomic E-state index is 0.178. The van der Waals surface area contributed by atoms with Crippen LogP contribution in [-0.2, 0) is 11.3 Å². The van der Waals surface area contributed by atoms with Crippen LogP contribution < -0.4 is 5.32 Å². The highest BCUT2D eigenvalue weighted by Gasteiger charge is 2.36. The van der Waals surface area contributed by atoms with Crippen molar-refractivity contribution in [3.8, 4) is 0 Å². The highest BCUT2D eigenvalue weighted by molar-refractivity contribution is 5.80. The van der Waals surface area contributed by atoms with Gasteiger partial charge in [0.25, 0.3) is 0 Å². The molecular formula is C13H17NO2. The van der Waals surface area contributed by atoms with Crippen LogP contribution in [0.15, 0.2) is 16.5 Å². The molecule has 0 bridgehead atoms. The second kappa shape index (κ2) is 3.65. The molecule has 2 saturated carbocycles. The highest BCUT2D eigenvalue weighted by Crippen LogP contribution is 2.47. The van der Waals surface area contributed by atoms with E-state index in [-0.39, 0.29) is 11.8 Å². The molecule has 2 aliphatic carbocycles. The number of nitrogens with one attached hydrogen (secondary N) is 1. The van der Waals surface area contributed by atoms with E-state index in [1.54, 1.807) is 0 Å². The summed E-state index contributed by atoms with van der Waals surface area (Å²) in [6.45, 7) is 2.78. The van der Waals surface area contributed by atoms with Gasteiger partial charge in [-0.25, -0.2) is 0 Å². The van der Waals surface area contributed by atoms with E-state index in [1.807, 2.05) is 12.1 Å². The molecule has 1 heterocycles. The Morgan fingerprint density at radius 1 is 1.50 bits per heavy atom. The standard InChI is InChI=1S/C13H17NO2/c1-8-6-11(8)12-5-4-10(16-12)7-14-13(15)9-2-3-9/h4-5,8-9,11H,2-3,6-7H2,1H3,(H,14,15). The third-order valence-corrected chi connectivity index (χ3v) is 3.54. The first-order chi connectivity index (χ1) is 7.74. The van der Waals surface area contributed by atoms with Crippen LogP contribution in [0.1, 0.15) is 43.6 Å². The summed E-state index contributed by atoms with van der Waals surface area (Å²) < 4.78 is 5.71. The summed E-state index contributed by atoms with van der Waals surface area (Å²) in [6, 6.07) is 4.03. The Balaban J connectivity index is 1.54. The first-order valence-corrected chi connectivity index (χ1v) is 6.10. The molecule has 2 unspecified atom stereocenters. The molecule has 2 atom stereocenters. The Morgan fingerprint density at radius 3 is 2.88 bits per heavy atom. The first kappa shape index (κ1) is 9.94. The lowest BCUT2D eigenvalue weighted by molar-refractivity contribution is -0.122. The van der Waals surface area contributed by atoms with E-state index in [0.717, 1.165) is 30.3 Å². The monoisotopic (exact) mass is 219 g/mol. The van der Waals surface area contributed by atoms with Crippen LogP contribution in [-0.4, -0.2) is 5.91 Å². The number of amides is 1. The van der Waals surface area contributed by atoms with Crippen LogP contribution in [0, 0.1) is 11.8 Å². The van der Waals surface area contributed by atoms with Gasteiger partial charge in [-0.1, -0.05) is 6.92 Å². The Kier molecular flexibility index (Phi) is 2.27. The third-order valence-electron chi connectivity index (χ3n) is 3.54. The maximum absolute atomic E-state index is 11.4. The lowest BCUT2D eigenvalue weighted by Crippen LogP contribution is -2.23. The average Bonchev–Trinajstić information content (AvgIpc) is 3.17. The summed E-state index contributed by atoms with van der Waals surface area (Å²) in [5.74, 6) is 3.80. The molecule has 0 saturated heterocycles. The predicted molar refractivity (Wildman–Crippen MR) is 59.8 cm³/mol. The van der Waals surface area contributed by atoms with Gasteiger partial charge in [-0.2, -0.15) is 0 Å².